The zero-order valence-electron chi connectivity index (χ0n) is 19.6. The number of nitrogens with zero attached hydrogens (tertiary/aromatic N) is 4. The molecule has 3 aliphatic heterocycles. The average molecular weight is 436 g/mol. The Hall–Kier alpha value is -2.18. The fourth-order valence-corrected chi connectivity index (χ4v) is 5.56. The summed E-state index contributed by atoms with van der Waals surface area (Å²) < 4.78 is 5.55. The molecule has 2 aromatic rings. The topological polar surface area (TPSA) is 53.5 Å². The number of aryl methyl sites for hydroxylation is 1. The van der Waals surface area contributed by atoms with Gasteiger partial charge in [-0.1, -0.05) is 0 Å². The lowest BCUT2D eigenvalue weighted by Gasteiger charge is -2.27. The number of aromatic nitrogens is 2. The van der Waals surface area contributed by atoms with Gasteiger partial charge in [0.05, 0.1) is 0 Å². The molecule has 0 spiro atoms. The molecule has 0 bridgehead atoms. The molecule has 1 N–H and O–H groups in total. The summed E-state index contributed by atoms with van der Waals surface area (Å²) in [5.74, 6) is 4.26. The van der Waals surface area contributed by atoms with Crippen molar-refractivity contribution in [3.05, 3.63) is 41.6 Å². The van der Waals surface area contributed by atoms with Crippen molar-refractivity contribution in [2.24, 2.45) is 5.92 Å². The number of anilines is 3. The van der Waals surface area contributed by atoms with Crippen molar-refractivity contribution in [1.29, 1.82) is 0 Å². The minimum absolute atomic E-state index is 0.552. The summed E-state index contributed by atoms with van der Waals surface area (Å²) >= 11 is 0. The third kappa shape index (κ3) is 5.07. The van der Waals surface area contributed by atoms with E-state index in [9.17, 15) is 0 Å². The van der Waals surface area contributed by atoms with Crippen molar-refractivity contribution in [3.8, 4) is 0 Å². The van der Waals surface area contributed by atoms with Gasteiger partial charge in [0.25, 0.3) is 0 Å². The largest absolute Gasteiger partial charge is 0.381 e. The summed E-state index contributed by atoms with van der Waals surface area (Å²) in [5.41, 5.74) is 2.62. The van der Waals surface area contributed by atoms with Crippen LogP contribution in [0.4, 0.5) is 17.5 Å². The first-order chi connectivity index (χ1) is 15.6. The number of pyridine rings is 2. The lowest BCUT2D eigenvalue weighted by atomic mass is 9.98. The maximum atomic E-state index is 5.55. The van der Waals surface area contributed by atoms with Gasteiger partial charge in [0.15, 0.2) is 0 Å². The normalized spacial score (nSPS) is 24.9. The third-order valence-corrected chi connectivity index (χ3v) is 7.45. The molecule has 6 heteroatoms. The maximum Gasteiger partial charge on any atom is 0.134 e. The van der Waals surface area contributed by atoms with Gasteiger partial charge in [-0.15, -0.1) is 0 Å². The van der Waals surface area contributed by atoms with Crippen molar-refractivity contribution in [3.63, 3.8) is 0 Å². The Labute approximate surface area is 192 Å². The molecule has 0 amide bonds. The summed E-state index contributed by atoms with van der Waals surface area (Å²) in [6.07, 6.45) is 8.00. The molecule has 3 saturated heterocycles. The second kappa shape index (κ2) is 9.75. The van der Waals surface area contributed by atoms with Crippen molar-refractivity contribution < 1.29 is 4.74 Å². The lowest BCUT2D eigenvalue weighted by molar-refractivity contribution is 0.0553. The highest BCUT2D eigenvalue weighted by Gasteiger charge is 2.29. The van der Waals surface area contributed by atoms with E-state index in [0.29, 0.717) is 12.0 Å². The van der Waals surface area contributed by atoms with Crippen LogP contribution in [0.1, 0.15) is 56.1 Å². The molecule has 5 heterocycles. The molecule has 5 rings (SSSR count). The molecule has 0 aromatic carbocycles. The van der Waals surface area contributed by atoms with Crippen LogP contribution in [0.15, 0.2) is 30.5 Å². The highest BCUT2D eigenvalue weighted by molar-refractivity contribution is 5.58. The van der Waals surface area contributed by atoms with Gasteiger partial charge < -0.3 is 19.9 Å². The van der Waals surface area contributed by atoms with Gasteiger partial charge in [-0.3, -0.25) is 0 Å². The molecule has 0 radical (unpaired) electrons. The van der Waals surface area contributed by atoms with Crippen LogP contribution in [0, 0.1) is 12.8 Å². The number of rotatable bonds is 6. The Morgan fingerprint density at radius 2 is 1.94 bits per heavy atom. The van der Waals surface area contributed by atoms with E-state index in [4.69, 9.17) is 9.72 Å². The number of likely N-dealkylation sites (tertiary alicyclic amines) is 1. The van der Waals surface area contributed by atoms with Crippen LogP contribution in [-0.2, 0) is 4.74 Å². The van der Waals surface area contributed by atoms with E-state index in [1.807, 2.05) is 12.3 Å². The van der Waals surface area contributed by atoms with Crippen molar-refractivity contribution in [2.45, 2.75) is 57.9 Å². The summed E-state index contributed by atoms with van der Waals surface area (Å²) in [5, 5.41) is 3.49. The second-order valence-corrected chi connectivity index (χ2v) is 9.97. The van der Waals surface area contributed by atoms with Gasteiger partial charge >= 0.3 is 0 Å². The number of hydrogen-bond acceptors (Lipinski definition) is 6. The Morgan fingerprint density at radius 3 is 2.72 bits per heavy atom. The summed E-state index contributed by atoms with van der Waals surface area (Å²) in [6, 6.07) is 9.28. The maximum absolute atomic E-state index is 5.55. The first-order valence-corrected chi connectivity index (χ1v) is 12.4. The predicted molar refractivity (Wildman–Crippen MR) is 130 cm³/mol. The third-order valence-electron chi connectivity index (χ3n) is 7.45. The van der Waals surface area contributed by atoms with Crippen LogP contribution in [0.3, 0.4) is 0 Å². The molecule has 3 fully saturated rings. The van der Waals surface area contributed by atoms with E-state index in [1.165, 1.54) is 56.3 Å². The molecule has 2 aromatic heterocycles. The average Bonchev–Trinajstić information content (AvgIpc) is 3.43. The Bertz CT molecular complexity index is 913. The minimum Gasteiger partial charge on any atom is -0.381 e. The highest BCUT2D eigenvalue weighted by Crippen LogP contribution is 2.34. The van der Waals surface area contributed by atoms with Crippen molar-refractivity contribution in [2.75, 3.05) is 49.6 Å². The fourth-order valence-electron chi connectivity index (χ4n) is 5.56. The first kappa shape index (κ1) is 21.7. The SMILES string of the molecule is Cc1ccnc(Nc2cc(C3CCN(CC4CCOCC4)C3)cc(N3CCCC3C)n2)c1. The van der Waals surface area contributed by atoms with Crippen LogP contribution in [0.25, 0.3) is 0 Å². The van der Waals surface area contributed by atoms with Crippen molar-refractivity contribution >= 4 is 17.5 Å². The molecule has 172 valence electrons. The van der Waals surface area contributed by atoms with Crippen LogP contribution < -0.4 is 10.2 Å². The molecule has 0 aliphatic carbocycles. The molecule has 6 nitrogen and oxygen atoms in total. The highest BCUT2D eigenvalue weighted by atomic mass is 16.5. The Balaban J connectivity index is 1.35. The van der Waals surface area contributed by atoms with E-state index in [1.54, 1.807) is 0 Å². The van der Waals surface area contributed by atoms with Crippen LogP contribution in [-0.4, -0.2) is 60.3 Å². The van der Waals surface area contributed by atoms with Crippen LogP contribution in [0.2, 0.25) is 0 Å². The van der Waals surface area contributed by atoms with Gasteiger partial charge in [0.2, 0.25) is 0 Å². The molecular formula is C26H37N5O. The first-order valence-electron chi connectivity index (χ1n) is 12.4. The van der Waals surface area contributed by atoms with Crippen LogP contribution in [0.5, 0.6) is 0 Å². The number of nitrogens with one attached hydrogen (secondary N) is 1. The molecule has 2 atom stereocenters. The summed E-state index contributed by atoms with van der Waals surface area (Å²) in [4.78, 5) is 14.7. The standard InChI is InChI=1S/C26H37N5O/c1-19-5-9-27-24(14-19)28-25-15-23(16-26(29-25)31-10-3-4-20(31)2)22-6-11-30(18-22)17-21-7-12-32-13-8-21/h5,9,14-16,20-22H,3-4,6-8,10-13,17-18H2,1-2H3,(H,27,28,29). The Kier molecular flexibility index (Phi) is 6.60. The lowest BCUT2D eigenvalue weighted by Crippen LogP contribution is -2.31. The molecule has 32 heavy (non-hydrogen) atoms. The van der Waals surface area contributed by atoms with E-state index in [-0.39, 0.29) is 0 Å². The van der Waals surface area contributed by atoms with E-state index < -0.39 is 0 Å². The molecule has 3 aliphatic rings. The van der Waals surface area contributed by atoms with Gasteiger partial charge in [0.1, 0.15) is 17.5 Å². The zero-order chi connectivity index (χ0) is 21.9. The summed E-state index contributed by atoms with van der Waals surface area (Å²) in [6.45, 7) is 11.0. The van der Waals surface area contributed by atoms with Gasteiger partial charge in [-0.05, 0) is 99.7 Å². The minimum atomic E-state index is 0.552. The second-order valence-electron chi connectivity index (χ2n) is 9.97. The molecule has 0 saturated carbocycles. The quantitative estimate of drug-likeness (QED) is 0.708. The van der Waals surface area contributed by atoms with E-state index >= 15 is 0 Å². The molecular weight excluding hydrogens is 398 g/mol. The van der Waals surface area contributed by atoms with Gasteiger partial charge in [0, 0.05) is 45.1 Å². The fraction of sp³-hybridized carbons (Fsp3) is 0.615. The predicted octanol–water partition coefficient (Wildman–Crippen LogP) is 4.73. The monoisotopic (exact) mass is 435 g/mol. The zero-order valence-corrected chi connectivity index (χ0v) is 19.6. The van der Waals surface area contributed by atoms with Gasteiger partial charge in [-0.25, -0.2) is 9.97 Å². The van der Waals surface area contributed by atoms with Crippen LogP contribution >= 0.6 is 0 Å². The van der Waals surface area contributed by atoms with Crippen molar-refractivity contribution in [1.82, 2.24) is 14.9 Å². The smallest absolute Gasteiger partial charge is 0.134 e. The van der Waals surface area contributed by atoms with E-state index in [0.717, 1.165) is 49.7 Å². The summed E-state index contributed by atoms with van der Waals surface area (Å²) in [7, 11) is 0. The Morgan fingerprint density at radius 1 is 1.06 bits per heavy atom. The molecule has 2 unspecified atom stereocenters. The number of hydrogen-bond donors (Lipinski definition) is 1. The van der Waals surface area contributed by atoms with E-state index in [2.05, 4.69) is 52.1 Å². The van der Waals surface area contributed by atoms with Gasteiger partial charge in [-0.2, -0.15) is 0 Å². The number of ether oxygens (including phenoxy) is 1.